The number of rotatable bonds is 0. The summed E-state index contributed by atoms with van der Waals surface area (Å²) in [6, 6.07) is 7.87. The maximum absolute atomic E-state index is 12.4. The molecule has 2 heterocycles. The first kappa shape index (κ1) is 13.1. The van der Waals surface area contributed by atoms with Crippen molar-refractivity contribution in [2.45, 2.75) is 19.8 Å². The molecule has 3 nitrogen and oxygen atoms in total. The van der Waals surface area contributed by atoms with Gasteiger partial charge in [-0.05, 0) is 31.5 Å². The summed E-state index contributed by atoms with van der Waals surface area (Å²) in [7, 11) is 0. The van der Waals surface area contributed by atoms with Gasteiger partial charge in [-0.3, -0.25) is 0 Å². The minimum Gasteiger partial charge on any atom is -0.618 e. The topological polar surface area (TPSA) is 39.0 Å². The van der Waals surface area contributed by atoms with Crippen LogP contribution in [0.5, 0.6) is 0 Å². The third-order valence-corrected chi connectivity index (χ3v) is 3.66. The van der Waals surface area contributed by atoms with Crippen molar-refractivity contribution in [3.63, 3.8) is 0 Å². The van der Waals surface area contributed by atoms with Crippen molar-refractivity contribution < 1.29 is 4.73 Å². The normalized spacial score (nSPS) is 14.7. The van der Waals surface area contributed by atoms with Gasteiger partial charge in [-0.15, -0.1) is 12.4 Å². The van der Waals surface area contributed by atoms with Crippen LogP contribution < -0.4 is 10.0 Å². The standard InChI is InChI=1S/C14H16N2O.ClH/c1-10-11-4-2-3-5-13(11)16(17)14-7-9-15-8-6-12(10)14;/h2-5,15H,6-9H2,1H3;1H. The molecule has 3 rings (SSSR count). The fourth-order valence-corrected chi connectivity index (χ4v) is 2.74. The third-order valence-electron chi connectivity index (χ3n) is 3.66. The highest BCUT2D eigenvalue weighted by Gasteiger charge is 2.21. The second-order valence-electron chi connectivity index (χ2n) is 4.61. The molecule has 0 radical (unpaired) electrons. The van der Waals surface area contributed by atoms with E-state index < -0.39 is 0 Å². The monoisotopic (exact) mass is 264 g/mol. The molecule has 1 aliphatic heterocycles. The molecule has 2 aromatic rings. The highest BCUT2D eigenvalue weighted by molar-refractivity contribution is 5.85. The lowest BCUT2D eigenvalue weighted by atomic mass is 9.98. The maximum atomic E-state index is 12.4. The van der Waals surface area contributed by atoms with Crippen molar-refractivity contribution in [1.29, 1.82) is 0 Å². The van der Waals surface area contributed by atoms with Crippen LogP contribution in [-0.2, 0) is 12.8 Å². The zero-order valence-corrected chi connectivity index (χ0v) is 11.2. The Morgan fingerprint density at radius 3 is 2.72 bits per heavy atom. The number of nitrogens with one attached hydrogen (secondary N) is 1. The van der Waals surface area contributed by atoms with Gasteiger partial charge < -0.3 is 10.5 Å². The van der Waals surface area contributed by atoms with E-state index in [0.717, 1.165) is 47.3 Å². The number of aryl methyl sites for hydroxylation is 1. The maximum Gasteiger partial charge on any atom is 0.224 e. The first-order valence-corrected chi connectivity index (χ1v) is 6.12. The molecule has 0 bridgehead atoms. The van der Waals surface area contributed by atoms with Gasteiger partial charge in [-0.25, -0.2) is 0 Å². The van der Waals surface area contributed by atoms with Crippen LogP contribution in [-0.4, -0.2) is 13.1 Å². The number of pyridine rings is 1. The first-order chi connectivity index (χ1) is 8.29. The van der Waals surface area contributed by atoms with Crippen LogP contribution >= 0.6 is 12.4 Å². The third kappa shape index (κ3) is 1.93. The Labute approximate surface area is 113 Å². The molecular weight excluding hydrogens is 248 g/mol. The van der Waals surface area contributed by atoms with Crippen LogP contribution in [0, 0.1) is 12.1 Å². The van der Waals surface area contributed by atoms with Crippen molar-refractivity contribution in [3.05, 3.63) is 46.3 Å². The summed E-state index contributed by atoms with van der Waals surface area (Å²) in [6.45, 7) is 3.99. The summed E-state index contributed by atoms with van der Waals surface area (Å²) in [5.74, 6) is 0. The average molecular weight is 265 g/mol. The van der Waals surface area contributed by atoms with E-state index in [4.69, 9.17) is 0 Å². The van der Waals surface area contributed by atoms with Crippen LogP contribution in [0.25, 0.3) is 10.9 Å². The molecule has 0 amide bonds. The zero-order chi connectivity index (χ0) is 11.8. The smallest absolute Gasteiger partial charge is 0.224 e. The summed E-state index contributed by atoms with van der Waals surface area (Å²) < 4.78 is 1.13. The van der Waals surface area contributed by atoms with Crippen molar-refractivity contribution >= 4 is 23.3 Å². The van der Waals surface area contributed by atoms with E-state index in [9.17, 15) is 5.21 Å². The molecule has 0 atom stereocenters. The second-order valence-corrected chi connectivity index (χ2v) is 4.61. The van der Waals surface area contributed by atoms with Gasteiger partial charge >= 0.3 is 0 Å². The number of nitrogens with zero attached hydrogens (tertiary/aromatic N) is 1. The number of para-hydroxylation sites is 1. The molecule has 1 aromatic heterocycles. The Kier molecular flexibility index (Phi) is 3.73. The Hall–Kier alpha value is -1.32. The molecule has 0 fully saturated rings. The van der Waals surface area contributed by atoms with Crippen LogP contribution in [0.4, 0.5) is 0 Å². The predicted octanol–water partition coefficient (Wildman–Crippen LogP) is 1.89. The largest absolute Gasteiger partial charge is 0.618 e. The van der Waals surface area contributed by atoms with Crippen LogP contribution in [0.3, 0.4) is 0 Å². The van der Waals surface area contributed by atoms with Gasteiger partial charge in [-0.2, -0.15) is 4.73 Å². The Bertz CT molecular complexity index is 533. The van der Waals surface area contributed by atoms with Gasteiger partial charge in [0.2, 0.25) is 5.52 Å². The second kappa shape index (κ2) is 5.12. The van der Waals surface area contributed by atoms with E-state index in [2.05, 4.69) is 12.2 Å². The lowest BCUT2D eigenvalue weighted by molar-refractivity contribution is -0.586. The Morgan fingerprint density at radius 2 is 1.89 bits per heavy atom. The van der Waals surface area contributed by atoms with E-state index in [-0.39, 0.29) is 12.4 Å². The van der Waals surface area contributed by atoms with E-state index in [0.29, 0.717) is 0 Å². The predicted molar refractivity (Wildman–Crippen MR) is 75.2 cm³/mol. The summed E-state index contributed by atoms with van der Waals surface area (Å²) in [5.41, 5.74) is 4.26. The number of fused-ring (bicyclic) bond motifs is 2. The molecular formula is C14H17ClN2O. The molecule has 0 saturated carbocycles. The lowest BCUT2D eigenvalue weighted by Crippen LogP contribution is -2.35. The van der Waals surface area contributed by atoms with Gasteiger partial charge in [0.15, 0.2) is 5.69 Å². The zero-order valence-electron chi connectivity index (χ0n) is 10.4. The van der Waals surface area contributed by atoms with Crippen molar-refractivity contribution in [2.24, 2.45) is 0 Å². The van der Waals surface area contributed by atoms with Crippen LogP contribution in [0.1, 0.15) is 16.8 Å². The molecule has 1 aliphatic rings. The van der Waals surface area contributed by atoms with Crippen molar-refractivity contribution in [1.82, 2.24) is 5.32 Å². The highest BCUT2D eigenvalue weighted by atomic mass is 35.5. The van der Waals surface area contributed by atoms with Gasteiger partial charge in [0, 0.05) is 24.6 Å². The molecule has 1 N–H and O–H groups in total. The fraction of sp³-hybridized carbons (Fsp3) is 0.357. The number of halogens is 1. The van der Waals surface area contributed by atoms with Gasteiger partial charge in [0.05, 0.1) is 5.39 Å². The molecule has 0 unspecified atom stereocenters. The minimum atomic E-state index is 0. The highest BCUT2D eigenvalue weighted by Crippen LogP contribution is 2.22. The number of aromatic nitrogens is 1. The van der Waals surface area contributed by atoms with Crippen LogP contribution in [0.15, 0.2) is 24.3 Å². The summed E-state index contributed by atoms with van der Waals surface area (Å²) in [6.07, 6.45) is 1.78. The van der Waals surface area contributed by atoms with Gasteiger partial charge in [0.25, 0.3) is 0 Å². The number of benzene rings is 1. The Balaban J connectivity index is 0.00000120. The molecule has 0 saturated heterocycles. The molecule has 0 aliphatic carbocycles. The van der Waals surface area contributed by atoms with E-state index in [1.807, 2.05) is 24.3 Å². The molecule has 1 aromatic carbocycles. The van der Waals surface area contributed by atoms with E-state index in [1.165, 1.54) is 11.1 Å². The number of hydrogen-bond acceptors (Lipinski definition) is 2. The molecule has 0 spiro atoms. The van der Waals surface area contributed by atoms with Crippen molar-refractivity contribution in [3.8, 4) is 0 Å². The van der Waals surface area contributed by atoms with Gasteiger partial charge in [-0.1, -0.05) is 12.1 Å². The quantitative estimate of drug-likeness (QED) is 0.583. The first-order valence-electron chi connectivity index (χ1n) is 6.12. The minimum absolute atomic E-state index is 0. The molecule has 18 heavy (non-hydrogen) atoms. The number of hydrogen-bond donors (Lipinski definition) is 1. The van der Waals surface area contributed by atoms with E-state index in [1.54, 1.807) is 0 Å². The van der Waals surface area contributed by atoms with Crippen LogP contribution in [0.2, 0.25) is 0 Å². The van der Waals surface area contributed by atoms with E-state index >= 15 is 0 Å². The SMILES string of the molecule is Cc1c2c([n+]([O-])c3ccccc13)CCNCC2.Cl. The van der Waals surface area contributed by atoms with Crippen molar-refractivity contribution in [2.75, 3.05) is 13.1 Å². The average Bonchev–Trinajstić information content (AvgIpc) is 2.62. The molecule has 4 heteroatoms. The summed E-state index contributed by atoms with van der Waals surface area (Å²) in [4.78, 5) is 0. The fourth-order valence-electron chi connectivity index (χ4n) is 2.74. The lowest BCUT2D eigenvalue weighted by Gasteiger charge is -2.13. The summed E-state index contributed by atoms with van der Waals surface area (Å²) in [5, 5.41) is 16.8. The van der Waals surface area contributed by atoms with Gasteiger partial charge in [0.1, 0.15) is 0 Å². The summed E-state index contributed by atoms with van der Waals surface area (Å²) >= 11 is 0. The molecule has 96 valence electrons. The Morgan fingerprint density at radius 1 is 1.17 bits per heavy atom.